The third-order valence-electron chi connectivity index (χ3n) is 4.19. The topological polar surface area (TPSA) is 74.5 Å². The molecule has 1 N–H and O–H groups in total. The van der Waals surface area contributed by atoms with Gasteiger partial charge < -0.3 is 9.84 Å². The van der Waals surface area contributed by atoms with E-state index in [1.807, 2.05) is 38.1 Å². The van der Waals surface area contributed by atoms with E-state index in [1.54, 1.807) is 0 Å². The van der Waals surface area contributed by atoms with Gasteiger partial charge in [0.25, 0.3) is 0 Å². The number of piperazine rings is 1. The number of hydrogen-bond acceptors (Lipinski definition) is 6. The fraction of sp³-hybridized carbons (Fsp3) is 0.500. The maximum Gasteiger partial charge on any atom is 0.241 e. The number of nitrogens with zero attached hydrogens (tertiary/aromatic N) is 4. The maximum atomic E-state index is 11.9. The van der Waals surface area contributed by atoms with E-state index in [2.05, 4.69) is 41.2 Å². The van der Waals surface area contributed by atoms with Crippen LogP contribution in [0.2, 0.25) is 0 Å². The van der Waals surface area contributed by atoms with Gasteiger partial charge in [0.15, 0.2) is 0 Å². The van der Waals surface area contributed by atoms with E-state index in [4.69, 9.17) is 4.52 Å². The number of benzene rings is 1. The average Bonchev–Trinajstić information content (AvgIpc) is 3.04. The van der Waals surface area contributed by atoms with Crippen LogP contribution in [-0.2, 0) is 11.3 Å². The minimum Gasteiger partial charge on any atom is -0.353 e. The van der Waals surface area contributed by atoms with Crippen molar-refractivity contribution in [3.05, 3.63) is 34.6 Å². The van der Waals surface area contributed by atoms with E-state index in [0.29, 0.717) is 24.8 Å². The summed E-state index contributed by atoms with van der Waals surface area (Å²) in [7, 11) is 0. The van der Waals surface area contributed by atoms with Crippen LogP contribution in [0.25, 0.3) is 11.4 Å². The lowest BCUT2D eigenvalue weighted by molar-refractivity contribution is -0.123. The number of carbonyl (C=O) groups excluding carboxylic acids is 1. The van der Waals surface area contributed by atoms with Gasteiger partial charge in [-0.2, -0.15) is 4.98 Å². The monoisotopic (exact) mass is 421 g/mol. The van der Waals surface area contributed by atoms with Crippen LogP contribution in [0.3, 0.4) is 0 Å². The summed E-state index contributed by atoms with van der Waals surface area (Å²) in [5.41, 5.74) is 0.926. The normalized spacial score (nSPS) is 16.2. The van der Waals surface area contributed by atoms with Crippen molar-refractivity contribution in [1.82, 2.24) is 25.3 Å². The van der Waals surface area contributed by atoms with Crippen molar-refractivity contribution in [2.24, 2.45) is 0 Å². The largest absolute Gasteiger partial charge is 0.353 e. The predicted molar refractivity (Wildman–Crippen MR) is 102 cm³/mol. The van der Waals surface area contributed by atoms with E-state index in [0.717, 1.165) is 36.2 Å². The highest BCUT2D eigenvalue weighted by molar-refractivity contribution is 9.10. The molecule has 0 radical (unpaired) electrons. The Labute approximate surface area is 161 Å². The molecule has 0 spiro atoms. The highest BCUT2D eigenvalue weighted by Crippen LogP contribution is 2.20. The van der Waals surface area contributed by atoms with Crippen molar-refractivity contribution in [3.63, 3.8) is 0 Å². The summed E-state index contributed by atoms with van der Waals surface area (Å²) >= 11 is 3.45. The first-order valence-corrected chi connectivity index (χ1v) is 9.61. The van der Waals surface area contributed by atoms with Crippen molar-refractivity contribution in [2.75, 3.05) is 32.7 Å². The highest BCUT2D eigenvalue weighted by atomic mass is 79.9. The second-order valence-electron chi connectivity index (χ2n) is 6.80. The number of carbonyl (C=O) groups is 1. The Morgan fingerprint density at radius 3 is 2.69 bits per heavy atom. The van der Waals surface area contributed by atoms with Crippen LogP contribution in [0.5, 0.6) is 0 Å². The van der Waals surface area contributed by atoms with Gasteiger partial charge in [0.1, 0.15) is 0 Å². The molecule has 1 fully saturated rings. The molecule has 0 atom stereocenters. The van der Waals surface area contributed by atoms with E-state index >= 15 is 0 Å². The standard InChI is InChI=1S/C18H24BrN5O2/c1-13(2)20-16(25)11-23-6-8-24(9-7-23)12-17-21-18(22-26-17)14-4-3-5-15(19)10-14/h3-5,10,13H,6-9,11-12H2,1-2H3,(H,20,25). The molecule has 3 rings (SSSR count). The zero-order chi connectivity index (χ0) is 18.5. The van der Waals surface area contributed by atoms with Crippen LogP contribution < -0.4 is 5.32 Å². The van der Waals surface area contributed by atoms with E-state index in [9.17, 15) is 4.79 Å². The first kappa shape index (κ1) is 19.0. The highest BCUT2D eigenvalue weighted by Gasteiger charge is 2.21. The summed E-state index contributed by atoms with van der Waals surface area (Å²) in [4.78, 5) is 20.8. The van der Waals surface area contributed by atoms with Gasteiger partial charge in [-0.15, -0.1) is 0 Å². The molecule has 1 amide bonds. The summed E-state index contributed by atoms with van der Waals surface area (Å²) in [6.07, 6.45) is 0. The Morgan fingerprint density at radius 1 is 1.27 bits per heavy atom. The van der Waals surface area contributed by atoms with Gasteiger partial charge in [0.2, 0.25) is 17.6 Å². The van der Waals surface area contributed by atoms with Crippen LogP contribution in [-0.4, -0.2) is 64.6 Å². The molecule has 1 aliphatic heterocycles. The predicted octanol–water partition coefficient (Wildman–Crippen LogP) is 2.14. The average molecular weight is 422 g/mol. The Hall–Kier alpha value is -1.77. The number of aromatic nitrogens is 2. The first-order chi connectivity index (χ1) is 12.5. The molecular formula is C18H24BrN5O2. The van der Waals surface area contributed by atoms with Gasteiger partial charge in [-0.1, -0.05) is 33.2 Å². The molecule has 2 heterocycles. The van der Waals surface area contributed by atoms with Crippen LogP contribution >= 0.6 is 15.9 Å². The summed E-state index contributed by atoms with van der Waals surface area (Å²) in [6.45, 7) is 8.52. The van der Waals surface area contributed by atoms with Crippen LogP contribution in [0.4, 0.5) is 0 Å². The Morgan fingerprint density at radius 2 is 2.00 bits per heavy atom. The summed E-state index contributed by atoms with van der Waals surface area (Å²) in [6, 6.07) is 8.02. The van der Waals surface area contributed by atoms with Crippen LogP contribution in [0.1, 0.15) is 19.7 Å². The summed E-state index contributed by atoms with van der Waals surface area (Å²) < 4.78 is 6.39. The molecule has 0 bridgehead atoms. The third-order valence-corrected chi connectivity index (χ3v) is 4.68. The van der Waals surface area contributed by atoms with Crippen molar-refractivity contribution in [1.29, 1.82) is 0 Å². The van der Waals surface area contributed by atoms with Crippen molar-refractivity contribution >= 4 is 21.8 Å². The van der Waals surface area contributed by atoms with Gasteiger partial charge in [-0.05, 0) is 26.0 Å². The van der Waals surface area contributed by atoms with Gasteiger partial charge in [-0.25, -0.2) is 0 Å². The van der Waals surface area contributed by atoms with E-state index in [-0.39, 0.29) is 11.9 Å². The quantitative estimate of drug-likeness (QED) is 0.769. The zero-order valence-corrected chi connectivity index (χ0v) is 16.7. The Balaban J connectivity index is 1.49. The Kier molecular flexibility index (Phi) is 6.39. The van der Waals surface area contributed by atoms with Gasteiger partial charge in [0.05, 0.1) is 13.1 Å². The SMILES string of the molecule is CC(C)NC(=O)CN1CCN(Cc2nc(-c3cccc(Br)c3)no2)CC1. The molecule has 0 aliphatic carbocycles. The second kappa shape index (κ2) is 8.75. The van der Waals surface area contributed by atoms with E-state index < -0.39 is 0 Å². The molecule has 140 valence electrons. The number of halogens is 1. The minimum absolute atomic E-state index is 0.0871. The molecule has 26 heavy (non-hydrogen) atoms. The lowest BCUT2D eigenvalue weighted by Gasteiger charge is -2.33. The smallest absolute Gasteiger partial charge is 0.241 e. The third kappa shape index (κ3) is 5.36. The van der Waals surface area contributed by atoms with Crippen molar-refractivity contribution in [2.45, 2.75) is 26.4 Å². The molecule has 1 aromatic heterocycles. The molecule has 0 saturated carbocycles. The summed E-state index contributed by atoms with van der Waals surface area (Å²) in [5, 5.41) is 7.01. The number of rotatable bonds is 6. The van der Waals surface area contributed by atoms with Crippen LogP contribution in [0.15, 0.2) is 33.3 Å². The molecule has 0 unspecified atom stereocenters. The number of amides is 1. The maximum absolute atomic E-state index is 11.9. The van der Waals surface area contributed by atoms with Crippen molar-refractivity contribution in [3.8, 4) is 11.4 Å². The number of nitrogens with one attached hydrogen (secondary N) is 1. The molecule has 7 nitrogen and oxygen atoms in total. The molecule has 2 aromatic rings. The molecule has 8 heteroatoms. The Bertz CT molecular complexity index is 741. The first-order valence-electron chi connectivity index (χ1n) is 8.82. The van der Waals surface area contributed by atoms with Gasteiger partial charge in [0, 0.05) is 42.3 Å². The number of hydrogen-bond donors (Lipinski definition) is 1. The second-order valence-corrected chi connectivity index (χ2v) is 7.71. The van der Waals surface area contributed by atoms with Crippen molar-refractivity contribution < 1.29 is 9.32 Å². The summed E-state index contributed by atoms with van der Waals surface area (Å²) in [5.74, 6) is 1.31. The molecule has 1 aliphatic rings. The molecule has 1 aromatic carbocycles. The van der Waals surface area contributed by atoms with E-state index in [1.165, 1.54) is 0 Å². The van der Waals surface area contributed by atoms with Gasteiger partial charge in [-0.3, -0.25) is 14.6 Å². The lowest BCUT2D eigenvalue weighted by Crippen LogP contribution is -2.49. The molecular weight excluding hydrogens is 398 g/mol. The van der Waals surface area contributed by atoms with Crippen LogP contribution in [0, 0.1) is 0 Å². The lowest BCUT2D eigenvalue weighted by atomic mass is 10.2. The fourth-order valence-electron chi connectivity index (χ4n) is 2.93. The fourth-order valence-corrected chi connectivity index (χ4v) is 3.33. The minimum atomic E-state index is 0.0871. The van der Waals surface area contributed by atoms with Gasteiger partial charge >= 0.3 is 0 Å². The zero-order valence-electron chi connectivity index (χ0n) is 15.1. The molecule has 1 saturated heterocycles.